The first-order valence-corrected chi connectivity index (χ1v) is 7.97. The minimum absolute atomic E-state index is 0.150. The number of benzene rings is 2. The fraction of sp³-hybridized carbons (Fsp3) is 0.235. The maximum absolute atomic E-state index is 12.2. The van der Waals surface area contributed by atoms with E-state index < -0.39 is 5.50 Å². The largest absolute Gasteiger partial charge is 0.291 e. The second-order valence-electron chi connectivity index (χ2n) is 5.11. The minimum Gasteiger partial charge on any atom is -0.291 e. The standard InChI is InChI=1S/C17H16Cl3NO/c1-10-4-9-15(19)11(2)16(10)21(12(3)22)17(20)13-5-7-14(18)8-6-13/h4-9,17H,1-3H3. The van der Waals surface area contributed by atoms with Crippen LogP contribution in [0.3, 0.4) is 0 Å². The van der Waals surface area contributed by atoms with Crippen molar-refractivity contribution in [2.45, 2.75) is 26.3 Å². The molecule has 0 aromatic heterocycles. The predicted molar refractivity (Wildman–Crippen MR) is 94.1 cm³/mol. The van der Waals surface area contributed by atoms with E-state index in [-0.39, 0.29) is 5.91 Å². The normalized spacial score (nSPS) is 12.1. The smallest absolute Gasteiger partial charge is 0.225 e. The zero-order chi connectivity index (χ0) is 16.4. The number of alkyl halides is 1. The van der Waals surface area contributed by atoms with E-state index in [2.05, 4.69) is 0 Å². The molecular weight excluding hydrogens is 341 g/mol. The first kappa shape index (κ1) is 17.1. The Morgan fingerprint density at radius 3 is 2.18 bits per heavy atom. The Morgan fingerprint density at radius 1 is 1.05 bits per heavy atom. The van der Waals surface area contributed by atoms with Crippen LogP contribution in [-0.2, 0) is 4.79 Å². The molecule has 0 N–H and O–H groups in total. The molecule has 2 aromatic carbocycles. The van der Waals surface area contributed by atoms with Crippen LogP contribution in [0.1, 0.15) is 29.1 Å². The molecule has 2 nitrogen and oxygen atoms in total. The van der Waals surface area contributed by atoms with E-state index in [1.807, 2.05) is 38.1 Å². The number of aryl methyl sites for hydroxylation is 1. The quantitative estimate of drug-likeness (QED) is 0.495. The van der Waals surface area contributed by atoms with Crippen LogP contribution in [0.2, 0.25) is 10.0 Å². The molecule has 0 bridgehead atoms. The van der Waals surface area contributed by atoms with Gasteiger partial charge in [-0.2, -0.15) is 0 Å². The highest BCUT2D eigenvalue weighted by molar-refractivity contribution is 6.32. The SMILES string of the molecule is CC(=O)N(c1c(C)ccc(Cl)c1C)C(Cl)c1ccc(Cl)cc1. The van der Waals surface area contributed by atoms with Gasteiger partial charge in [0.25, 0.3) is 0 Å². The predicted octanol–water partition coefficient (Wildman–Crippen LogP) is 5.90. The third-order valence-electron chi connectivity index (χ3n) is 3.52. The van der Waals surface area contributed by atoms with Crippen molar-refractivity contribution in [3.05, 3.63) is 63.1 Å². The second kappa shape index (κ2) is 6.91. The molecule has 0 heterocycles. The van der Waals surface area contributed by atoms with Gasteiger partial charge in [-0.1, -0.05) is 53.0 Å². The molecule has 0 aliphatic carbocycles. The summed E-state index contributed by atoms with van der Waals surface area (Å²) in [6, 6.07) is 10.8. The zero-order valence-corrected chi connectivity index (χ0v) is 14.8. The summed E-state index contributed by atoms with van der Waals surface area (Å²) in [4.78, 5) is 13.8. The van der Waals surface area contributed by atoms with Crippen LogP contribution >= 0.6 is 34.8 Å². The first-order valence-electron chi connectivity index (χ1n) is 6.78. The number of halogens is 3. The number of nitrogens with zero attached hydrogens (tertiary/aromatic N) is 1. The molecule has 22 heavy (non-hydrogen) atoms. The number of hydrogen-bond donors (Lipinski definition) is 0. The van der Waals surface area contributed by atoms with Gasteiger partial charge in [-0.25, -0.2) is 0 Å². The van der Waals surface area contributed by atoms with E-state index in [0.717, 1.165) is 22.4 Å². The van der Waals surface area contributed by atoms with Crippen LogP contribution in [0, 0.1) is 13.8 Å². The molecule has 2 aromatic rings. The molecule has 1 atom stereocenters. The second-order valence-corrected chi connectivity index (χ2v) is 6.37. The maximum atomic E-state index is 12.2. The molecule has 2 rings (SSSR count). The average molecular weight is 357 g/mol. The topological polar surface area (TPSA) is 20.3 Å². The van der Waals surface area contributed by atoms with Crippen molar-refractivity contribution in [2.75, 3.05) is 4.90 Å². The van der Waals surface area contributed by atoms with E-state index in [9.17, 15) is 4.79 Å². The highest BCUT2D eigenvalue weighted by Gasteiger charge is 2.25. The van der Waals surface area contributed by atoms with Crippen molar-refractivity contribution < 1.29 is 4.79 Å². The lowest BCUT2D eigenvalue weighted by atomic mass is 10.1. The summed E-state index contributed by atoms with van der Waals surface area (Å²) >= 11 is 18.7. The Kier molecular flexibility index (Phi) is 5.38. The molecule has 0 aliphatic rings. The first-order chi connectivity index (χ1) is 10.3. The summed E-state index contributed by atoms with van der Waals surface area (Å²) in [6.45, 7) is 5.30. The number of amides is 1. The summed E-state index contributed by atoms with van der Waals surface area (Å²) in [6.07, 6.45) is 0. The van der Waals surface area contributed by atoms with Crippen LogP contribution in [0.5, 0.6) is 0 Å². The lowest BCUT2D eigenvalue weighted by Crippen LogP contribution is -2.31. The molecule has 0 saturated heterocycles. The molecule has 0 fully saturated rings. The van der Waals surface area contributed by atoms with Gasteiger partial charge in [0.2, 0.25) is 5.91 Å². The fourth-order valence-corrected chi connectivity index (χ4v) is 3.04. The van der Waals surface area contributed by atoms with Gasteiger partial charge in [0.1, 0.15) is 5.50 Å². The monoisotopic (exact) mass is 355 g/mol. The van der Waals surface area contributed by atoms with Gasteiger partial charge in [0.15, 0.2) is 0 Å². The van der Waals surface area contributed by atoms with Crippen molar-refractivity contribution in [1.29, 1.82) is 0 Å². The third-order valence-corrected chi connectivity index (χ3v) is 4.63. The zero-order valence-electron chi connectivity index (χ0n) is 12.5. The van der Waals surface area contributed by atoms with E-state index in [4.69, 9.17) is 34.8 Å². The molecule has 1 amide bonds. The molecule has 0 aliphatic heterocycles. The fourth-order valence-electron chi connectivity index (χ4n) is 2.38. The summed E-state index contributed by atoms with van der Waals surface area (Å²) in [5.41, 5.74) is 2.67. The van der Waals surface area contributed by atoms with Gasteiger partial charge in [-0.15, -0.1) is 0 Å². The molecule has 0 radical (unpaired) electrons. The summed E-state index contributed by atoms with van der Waals surface area (Å²) in [5.74, 6) is -0.150. The van der Waals surface area contributed by atoms with Gasteiger partial charge in [0, 0.05) is 17.0 Å². The van der Waals surface area contributed by atoms with Crippen LogP contribution in [0.15, 0.2) is 36.4 Å². The maximum Gasteiger partial charge on any atom is 0.225 e. The molecular formula is C17H16Cl3NO. The van der Waals surface area contributed by atoms with Crippen LogP contribution in [0.4, 0.5) is 5.69 Å². The van der Waals surface area contributed by atoms with Gasteiger partial charge in [-0.05, 0) is 48.7 Å². The van der Waals surface area contributed by atoms with Crippen molar-refractivity contribution in [3.63, 3.8) is 0 Å². The number of hydrogen-bond acceptors (Lipinski definition) is 1. The van der Waals surface area contributed by atoms with Gasteiger partial charge in [0.05, 0.1) is 5.69 Å². The lowest BCUT2D eigenvalue weighted by Gasteiger charge is -2.30. The van der Waals surface area contributed by atoms with Gasteiger partial charge < -0.3 is 0 Å². The minimum atomic E-state index is -0.634. The van der Waals surface area contributed by atoms with Crippen molar-refractivity contribution in [2.24, 2.45) is 0 Å². The summed E-state index contributed by atoms with van der Waals surface area (Å²) < 4.78 is 0. The van der Waals surface area contributed by atoms with Crippen molar-refractivity contribution in [1.82, 2.24) is 0 Å². The van der Waals surface area contributed by atoms with Crippen molar-refractivity contribution in [3.8, 4) is 0 Å². The number of anilines is 1. The van der Waals surface area contributed by atoms with E-state index in [1.165, 1.54) is 6.92 Å². The summed E-state index contributed by atoms with van der Waals surface area (Å²) in [5, 5.41) is 1.23. The number of carbonyl (C=O) groups is 1. The Bertz CT molecular complexity index is 698. The Balaban J connectivity index is 2.54. The van der Waals surface area contributed by atoms with E-state index in [1.54, 1.807) is 17.0 Å². The molecule has 0 saturated carbocycles. The average Bonchev–Trinajstić information content (AvgIpc) is 2.47. The molecule has 116 valence electrons. The Hall–Kier alpha value is -1.22. The van der Waals surface area contributed by atoms with Crippen molar-refractivity contribution >= 4 is 46.4 Å². The Morgan fingerprint density at radius 2 is 1.64 bits per heavy atom. The van der Waals surface area contributed by atoms with Gasteiger partial charge in [-0.3, -0.25) is 9.69 Å². The highest BCUT2D eigenvalue weighted by atomic mass is 35.5. The summed E-state index contributed by atoms with van der Waals surface area (Å²) in [7, 11) is 0. The van der Waals surface area contributed by atoms with E-state index >= 15 is 0 Å². The number of carbonyl (C=O) groups excluding carboxylic acids is 1. The third kappa shape index (κ3) is 3.40. The van der Waals surface area contributed by atoms with Crippen LogP contribution in [0.25, 0.3) is 0 Å². The Labute approximate surface area is 145 Å². The van der Waals surface area contributed by atoms with Gasteiger partial charge >= 0.3 is 0 Å². The molecule has 5 heteroatoms. The van der Waals surface area contributed by atoms with Crippen LogP contribution in [-0.4, -0.2) is 5.91 Å². The highest BCUT2D eigenvalue weighted by Crippen LogP contribution is 2.37. The number of rotatable bonds is 3. The molecule has 0 spiro atoms. The van der Waals surface area contributed by atoms with Crippen LogP contribution < -0.4 is 4.90 Å². The van der Waals surface area contributed by atoms with E-state index in [0.29, 0.717) is 10.0 Å². The molecule has 1 unspecified atom stereocenters. The lowest BCUT2D eigenvalue weighted by molar-refractivity contribution is -0.116.